The van der Waals surface area contributed by atoms with E-state index in [0.29, 0.717) is 35.4 Å². The molecule has 8 heteroatoms. The molecule has 0 spiro atoms. The molecular formula is C14H13ClF3N3O. The normalized spacial score (nSPS) is 11.7. The topological polar surface area (TPSA) is 68.0 Å². The molecule has 0 amide bonds. The number of pyridine rings is 1. The number of hydrogen-bond donors (Lipinski definition) is 2. The zero-order chi connectivity index (χ0) is 16.3. The Hall–Kier alpha value is -1.86. The number of nitrogens with one attached hydrogen (secondary N) is 1. The van der Waals surface area contributed by atoms with E-state index in [4.69, 9.17) is 17.3 Å². The van der Waals surface area contributed by atoms with Crippen LogP contribution in [0.5, 0.6) is 0 Å². The van der Waals surface area contributed by atoms with Gasteiger partial charge in [0.15, 0.2) is 0 Å². The number of carbonyl (C=O) groups is 1. The predicted molar refractivity (Wildman–Crippen MR) is 79.3 cm³/mol. The number of nitrogens with zero attached hydrogens (tertiary/aromatic N) is 1. The van der Waals surface area contributed by atoms with Crippen molar-refractivity contribution in [2.45, 2.75) is 12.6 Å². The zero-order valence-corrected chi connectivity index (χ0v) is 12.1. The third kappa shape index (κ3) is 3.48. The van der Waals surface area contributed by atoms with Gasteiger partial charge in [-0.2, -0.15) is 13.2 Å². The Labute approximate surface area is 129 Å². The SMILES string of the molecule is NCCCNc1c(C(=O)C(F)(F)F)cnc2cc(Cl)ccc12. The lowest BCUT2D eigenvalue weighted by atomic mass is 10.1. The Morgan fingerprint density at radius 3 is 2.73 bits per heavy atom. The summed E-state index contributed by atoms with van der Waals surface area (Å²) in [6.45, 7) is 0.723. The van der Waals surface area contributed by atoms with Crippen molar-refractivity contribution in [3.05, 3.63) is 35.0 Å². The van der Waals surface area contributed by atoms with E-state index in [9.17, 15) is 18.0 Å². The monoisotopic (exact) mass is 331 g/mol. The van der Waals surface area contributed by atoms with Gasteiger partial charge in [-0.15, -0.1) is 0 Å². The van der Waals surface area contributed by atoms with Crippen LogP contribution in [0.2, 0.25) is 5.02 Å². The number of Topliss-reactive ketones (excluding diaryl/α,β-unsaturated/α-hetero) is 1. The Bertz CT molecular complexity index is 704. The van der Waals surface area contributed by atoms with Crippen molar-refractivity contribution < 1.29 is 18.0 Å². The number of carbonyl (C=O) groups excluding carboxylic acids is 1. The Morgan fingerprint density at radius 2 is 2.09 bits per heavy atom. The van der Waals surface area contributed by atoms with Crippen molar-refractivity contribution in [3.8, 4) is 0 Å². The van der Waals surface area contributed by atoms with Gasteiger partial charge < -0.3 is 11.1 Å². The molecule has 0 aliphatic carbocycles. The largest absolute Gasteiger partial charge is 0.455 e. The average molecular weight is 332 g/mol. The smallest absolute Gasteiger partial charge is 0.384 e. The molecule has 0 fully saturated rings. The van der Waals surface area contributed by atoms with Crippen molar-refractivity contribution in [3.63, 3.8) is 0 Å². The third-order valence-electron chi connectivity index (χ3n) is 3.02. The molecule has 2 rings (SSSR count). The highest BCUT2D eigenvalue weighted by atomic mass is 35.5. The second kappa shape index (κ2) is 6.50. The first-order valence-corrected chi connectivity index (χ1v) is 6.86. The molecule has 4 nitrogen and oxygen atoms in total. The van der Waals surface area contributed by atoms with Crippen molar-refractivity contribution >= 4 is 34.0 Å². The second-order valence-electron chi connectivity index (χ2n) is 4.60. The first kappa shape index (κ1) is 16.5. The number of rotatable bonds is 5. The number of benzene rings is 1. The number of nitrogens with two attached hydrogens (primary N) is 1. The van der Waals surface area contributed by atoms with E-state index in [0.717, 1.165) is 6.20 Å². The second-order valence-corrected chi connectivity index (χ2v) is 5.04. The standard InChI is InChI=1S/C14H13ClF3N3O/c15-8-2-3-9-11(6-8)21-7-10(13(22)14(16,17)18)12(9)20-5-1-4-19/h2-3,6-7H,1,4-5,19H2,(H,20,21). The Morgan fingerprint density at radius 1 is 1.36 bits per heavy atom. The van der Waals surface area contributed by atoms with E-state index in [1.165, 1.54) is 18.2 Å². The van der Waals surface area contributed by atoms with Gasteiger partial charge in [0.25, 0.3) is 5.78 Å². The highest BCUT2D eigenvalue weighted by molar-refractivity contribution is 6.31. The minimum atomic E-state index is -4.97. The van der Waals surface area contributed by atoms with E-state index in [2.05, 4.69) is 10.3 Å². The minimum absolute atomic E-state index is 0.0949. The summed E-state index contributed by atoms with van der Waals surface area (Å²) in [5.74, 6) is -1.94. The fourth-order valence-electron chi connectivity index (χ4n) is 2.00. The van der Waals surface area contributed by atoms with Crippen LogP contribution in [-0.4, -0.2) is 30.0 Å². The highest BCUT2D eigenvalue weighted by Gasteiger charge is 2.41. The van der Waals surface area contributed by atoms with E-state index < -0.39 is 17.5 Å². The highest BCUT2D eigenvalue weighted by Crippen LogP contribution is 2.32. The maximum absolute atomic E-state index is 12.7. The first-order chi connectivity index (χ1) is 10.3. The Balaban J connectivity index is 2.57. The summed E-state index contributed by atoms with van der Waals surface area (Å²) in [5.41, 5.74) is 5.36. The summed E-state index contributed by atoms with van der Waals surface area (Å²) in [6, 6.07) is 4.58. The minimum Gasteiger partial charge on any atom is -0.384 e. The molecule has 0 atom stereocenters. The number of halogens is 4. The van der Waals surface area contributed by atoms with Gasteiger partial charge in [-0.25, -0.2) is 0 Å². The molecule has 0 saturated heterocycles. The molecule has 22 heavy (non-hydrogen) atoms. The molecule has 1 heterocycles. The van der Waals surface area contributed by atoms with Gasteiger partial charge in [0, 0.05) is 23.2 Å². The average Bonchev–Trinajstić information content (AvgIpc) is 2.45. The van der Waals surface area contributed by atoms with Crippen molar-refractivity contribution in [2.24, 2.45) is 5.73 Å². The molecule has 0 aliphatic heterocycles. The van der Waals surface area contributed by atoms with Gasteiger partial charge in [-0.3, -0.25) is 9.78 Å². The number of anilines is 1. The lowest BCUT2D eigenvalue weighted by Gasteiger charge is -2.15. The molecule has 118 valence electrons. The van der Waals surface area contributed by atoms with Crippen molar-refractivity contribution in [2.75, 3.05) is 18.4 Å². The number of fused-ring (bicyclic) bond motifs is 1. The number of hydrogen-bond acceptors (Lipinski definition) is 4. The molecule has 0 aliphatic rings. The van der Waals surface area contributed by atoms with Crippen LogP contribution in [0.25, 0.3) is 10.9 Å². The van der Waals surface area contributed by atoms with Crippen LogP contribution < -0.4 is 11.1 Å². The third-order valence-corrected chi connectivity index (χ3v) is 3.25. The molecule has 2 aromatic rings. The number of alkyl halides is 3. The van der Waals surface area contributed by atoms with E-state index in [1.54, 1.807) is 0 Å². The van der Waals surface area contributed by atoms with Crippen LogP contribution in [0.1, 0.15) is 16.8 Å². The molecule has 0 radical (unpaired) electrons. The summed E-state index contributed by atoms with van der Waals surface area (Å²) >= 11 is 5.85. The van der Waals surface area contributed by atoms with Crippen LogP contribution in [0.4, 0.5) is 18.9 Å². The summed E-state index contributed by atoms with van der Waals surface area (Å²) in [4.78, 5) is 15.5. The fourth-order valence-corrected chi connectivity index (χ4v) is 2.16. The Kier molecular flexibility index (Phi) is 4.87. The number of ketones is 1. The zero-order valence-electron chi connectivity index (χ0n) is 11.4. The molecule has 0 bridgehead atoms. The van der Waals surface area contributed by atoms with Crippen LogP contribution in [0.3, 0.4) is 0 Å². The summed E-state index contributed by atoms with van der Waals surface area (Å²) in [6.07, 6.45) is -3.50. The maximum Gasteiger partial charge on any atom is 0.455 e. The molecular weight excluding hydrogens is 319 g/mol. The van der Waals surface area contributed by atoms with Gasteiger partial charge in [0.2, 0.25) is 0 Å². The summed E-state index contributed by atoms with van der Waals surface area (Å²) in [7, 11) is 0. The van der Waals surface area contributed by atoms with Gasteiger partial charge in [-0.05, 0) is 31.2 Å². The van der Waals surface area contributed by atoms with Gasteiger partial charge >= 0.3 is 6.18 Å². The fraction of sp³-hybridized carbons (Fsp3) is 0.286. The lowest BCUT2D eigenvalue weighted by molar-refractivity contribution is -0.0884. The van der Waals surface area contributed by atoms with Gasteiger partial charge in [0.05, 0.1) is 16.8 Å². The first-order valence-electron chi connectivity index (χ1n) is 6.48. The van der Waals surface area contributed by atoms with Crippen LogP contribution >= 0.6 is 11.6 Å². The van der Waals surface area contributed by atoms with Gasteiger partial charge in [0.1, 0.15) is 0 Å². The van der Waals surface area contributed by atoms with E-state index in [-0.39, 0.29) is 5.69 Å². The van der Waals surface area contributed by atoms with Crippen molar-refractivity contribution in [1.82, 2.24) is 4.98 Å². The molecule has 0 saturated carbocycles. The summed E-state index contributed by atoms with van der Waals surface area (Å²) in [5, 5.41) is 3.65. The predicted octanol–water partition coefficient (Wildman–Crippen LogP) is 3.39. The van der Waals surface area contributed by atoms with E-state index in [1.807, 2.05) is 0 Å². The molecule has 3 N–H and O–H groups in total. The van der Waals surface area contributed by atoms with Gasteiger partial charge in [-0.1, -0.05) is 11.6 Å². The van der Waals surface area contributed by atoms with Crippen LogP contribution in [0.15, 0.2) is 24.4 Å². The molecule has 0 unspecified atom stereocenters. The maximum atomic E-state index is 12.7. The van der Waals surface area contributed by atoms with E-state index >= 15 is 0 Å². The summed E-state index contributed by atoms with van der Waals surface area (Å²) < 4.78 is 38.2. The lowest BCUT2D eigenvalue weighted by Crippen LogP contribution is -2.24. The quantitative estimate of drug-likeness (QED) is 0.651. The number of aromatic nitrogens is 1. The molecule has 1 aromatic carbocycles. The molecule has 1 aromatic heterocycles. The van der Waals surface area contributed by atoms with Crippen molar-refractivity contribution in [1.29, 1.82) is 0 Å². The van der Waals surface area contributed by atoms with Crippen LogP contribution in [-0.2, 0) is 0 Å². The van der Waals surface area contributed by atoms with Crippen LogP contribution in [0, 0.1) is 0 Å².